The van der Waals surface area contributed by atoms with E-state index in [2.05, 4.69) is 26.6 Å². The molecule has 0 aromatic rings. The van der Waals surface area contributed by atoms with Crippen molar-refractivity contribution in [2.24, 2.45) is 0 Å². The lowest BCUT2D eigenvalue weighted by molar-refractivity contribution is -0.124. The summed E-state index contributed by atoms with van der Waals surface area (Å²) in [5, 5.41) is 15.3. The van der Waals surface area contributed by atoms with Gasteiger partial charge in [0.05, 0.1) is 0 Å². The van der Waals surface area contributed by atoms with Crippen LogP contribution in [0.15, 0.2) is 0 Å². The summed E-state index contributed by atoms with van der Waals surface area (Å²) in [6, 6.07) is -0.693. The molecule has 0 radical (unpaired) electrons. The van der Waals surface area contributed by atoms with Crippen molar-refractivity contribution in [2.45, 2.75) is 96.2 Å². The molecule has 0 aliphatic rings. The molecule has 0 spiro atoms. The van der Waals surface area contributed by atoms with Crippen molar-refractivity contribution in [3.8, 4) is 0 Å². The Morgan fingerprint density at radius 1 is 0.576 bits per heavy atom. The molecular weight excluding hydrogens is 422 g/mol. The lowest BCUT2D eigenvalue weighted by Gasteiger charge is -2.23. The second kappa shape index (κ2) is 19.6. The van der Waals surface area contributed by atoms with Crippen molar-refractivity contribution >= 4 is 23.4 Å². The normalized spacial score (nSPS) is 12.9. The summed E-state index contributed by atoms with van der Waals surface area (Å²) in [7, 11) is 5.69. The van der Waals surface area contributed by atoms with Gasteiger partial charge in [-0.2, -0.15) is 0 Å². The van der Waals surface area contributed by atoms with Gasteiger partial charge in [0.15, 0.2) is 0 Å². The summed E-state index contributed by atoms with van der Waals surface area (Å²) in [5.41, 5.74) is 0. The van der Waals surface area contributed by atoms with Crippen LogP contribution in [0.4, 0.5) is 0 Å². The number of Topliss-reactive ketones (excluding diaryl/α,β-unsaturated/α-hetero) is 2. The van der Waals surface area contributed by atoms with Crippen LogP contribution in [0.1, 0.15) is 78.1 Å². The van der Waals surface area contributed by atoms with Gasteiger partial charge in [0, 0.05) is 43.8 Å². The Hall–Kier alpha value is -1.84. The summed E-state index contributed by atoms with van der Waals surface area (Å²) in [6.07, 6.45) is 6.27. The maximum absolute atomic E-state index is 12.7. The first kappa shape index (κ1) is 31.2. The van der Waals surface area contributed by atoms with Crippen molar-refractivity contribution in [2.75, 3.05) is 34.2 Å². The Labute approximate surface area is 200 Å². The van der Waals surface area contributed by atoms with Crippen LogP contribution in [-0.2, 0) is 19.2 Å². The zero-order valence-corrected chi connectivity index (χ0v) is 21.4. The van der Waals surface area contributed by atoms with Crippen molar-refractivity contribution in [1.82, 2.24) is 26.6 Å². The molecule has 0 aromatic heterocycles. The van der Waals surface area contributed by atoms with Crippen molar-refractivity contribution in [1.29, 1.82) is 0 Å². The predicted molar refractivity (Wildman–Crippen MR) is 132 cm³/mol. The van der Waals surface area contributed by atoms with Gasteiger partial charge in [0.25, 0.3) is 0 Å². The van der Waals surface area contributed by atoms with Crippen LogP contribution in [0.2, 0.25) is 0 Å². The van der Waals surface area contributed by atoms with E-state index in [0.29, 0.717) is 12.8 Å². The standard InChI is InChI=1S/C24H47N5O4/c1-18(30)14-22(15-19(2)31)29-24(33)17-21(11-7-9-13-26-4)28-23(32)16-20(27-5)10-6-8-12-25-3/h20-22,25-27H,6-17H2,1-5H3,(H,28,32)(H,29,33). The molecule has 9 heteroatoms. The van der Waals surface area contributed by atoms with Gasteiger partial charge in [-0.3, -0.25) is 19.2 Å². The third-order valence-electron chi connectivity index (χ3n) is 5.53. The lowest BCUT2D eigenvalue weighted by atomic mass is 10.0. The summed E-state index contributed by atoms with van der Waals surface area (Å²) in [6.45, 7) is 4.73. The zero-order valence-electron chi connectivity index (χ0n) is 21.4. The van der Waals surface area contributed by atoms with Crippen LogP contribution < -0.4 is 26.6 Å². The third-order valence-corrected chi connectivity index (χ3v) is 5.53. The Balaban J connectivity index is 4.89. The van der Waals surface area contributed by atoms with Crippen LogP contribution in [-0.4, -0.2) is 75.7 Å². The highest BCUT2D eigenvalue weighted by molar-refractivity contribution is 5.83. The number of unbranched alkanes of at least 4 members (excludes halogenated alkanes) is 2. The molecule has 0 aromatic carbocycles. The Morgan fingerprint density at radius 2 is 1.00 bits per heavy atom. The minimum atomic E-state index is -0.501. The largest absolute Gasteiger partial charge is 0.353 e. The molecule has 9 nitrogen and oxygen atoms in total. The van der Waals surface area contributed by atoms with Gasteiger partial charge in [-0.05, 0) is 73.8 Å². The number of nitrogens with one attached hydrogen (secondary N) is 5. The molecule has 0 fully saturated rings. The molecule has 0 rings (SSSR count). The molecule has 2 amide bonds. The molecule has 0 aliphatic heterocycles. The minimum Gasteiger partial charge on any atom is -0.353 e. The van der Waals surface area contributed by atoms with E-state index in [1.54, 1.807) is 0 Å². The lowest BCUT2D eigenvalue weighted by Crippen LogP contribution is -2.44. The molecule has 0 aliphatic carbocycles. The molecule has 2 atom stereocenters. The average Bonchev–Trinajstić information content (AvgIpc) is 2.72. The summed E-state index contributed by atoms with van der Waals surface area (Å²) in [4.78, 5) is 48.4. The second-order valence-corrected chi connectivity index (χ2v) is 8.93. The molecule has 2 unspecified atom stereocenters. The van der Waals surface area contributed by atoms with Crippen LogP contribution in [0.3, 0.4) is 0 Å². The van der Waals surface area contributed by atoms with E-state index >= 15 is 0 Å². The SMILES string of the molecule is CNCCCCC(CC(=O)NC(CCCCNC)CC(=O)NC(CC(C)=O)CC(C)=O)NC. The summed E-state index contributed by atoms with van der Waals surface area (Å²) in [5.74, 6) is -0.477. The Morgan fingerprint density at radius 3 is 1.42 bits per heavy atom. The van der Waals surface area contributed by atoms with Gasteiger partial charge in [-0.15, -0.1) is 0 Å². The summed E-state index contributed by atoms with van der Waals surface area (Å²) < 4.78 is 0. The molecule has 5 N–H and O–H groups in total. The smallest absolute Gasteiger partial charge is 0.222 e. The van der Waals surface area contributed by atoms with Crippen LogP contribution in [0.5, 0.6) is 0 Å². The number of ketones is 2. The monoisotopic (exact) mass is 469 g/mol. The Kier molecular flexibility index (Phi) is 18.5. The van der Waals surface area contributed by atoms with Crippen molar-refractivity contribution < 1.29 is 19.2 Å². The van der Waals surface area contributed by atoms with Crippen molar-refractivity contribution in [3.63, 3.8) is 0 Å². The van der Waals surface area contributed by atoms with Crippen LogP contribution >= 0.6 is 0 Å². The highest BCUT2D eigenvalue weighted by Gasteiger charge is 2.21. The number of hydrogen-bond donors (Lipinski definition) is 5. The van der Waals surface area contributed by atoms with E-state index in [1.165, 1.54) is 13.8 Å². The molecule has 0 saturated heterocycles. The minimum absolute atomic E-state index is 0.0709. The number of amides is 2. The first-order chi connectivity index (χ1) is 15.7. The molecule has 0 saturated carbocycles. The predicted octanol–water partition coefficient (Wildman–Crippen LogP) is 1.06. The Bertz CT molecular complexity index is 569. The van der Waals surface area contributed by atoms with E-state index < -0.39 is 6.04 Å². The molecule has 33 heavy (non-hydrogen) atoms. The topological polar surface area (TPSA) is 128 Å². The van der Waals surface area contributed by atoms with Gasteiger partial charge in [0.2, 0.25) is 11.8 Å². The maximum Gasteiger partial charge on any atom is 0.222 e. The van der Waals surface area contributed by atoms with Gasteiger partial charge < -0.3 is 26.6 Å². The van der Waals surface area contributed by atoms with Crippen molar-refractivity contribution in [3.05, 3.63) is 0 Å². The first-order valence-corrected chi connectivity index (χ1v) is 12.3. The quantitative estimate of drug-likeness (QED) is 0.159. The fourth-order valence-electron chi connectivity index (χ4n) is 3.85. The maximum atomic E-state index is 12.7. The second-order valence-electron chi connectivity index (χ2n) is 8.93. The average molecular weight is 470 g/mol. The van der Waals surface area contributed by atoms with Gasteiger partial charge in [-0.25, -0.2) is 0 Å². The third kappa shape index (κ3) is 18.3. The van der Waals surface area contributed by atoms with Gasteiger partial charge >= 0.3 is 0 Å². The van der Waals surface area contributed by atoms with E-state index in [4.69, 9.17) is 0 Å². The number of carbonyl (C=O) groups excluding carboxylic acids is 4. The fourth-order valence-corrected chi connectivity index (χ4v) is 3.85. The molecule has 0 heterocycles. The molecule has 0 bridgehead atoms. The number of rotatable bonds is 21. The number of hydrogen-bond acceptors (Lipinski definition) is 7. The fraction of sp³-hybridized carbons (Fsp3) is 0.833. The first-order valence-electron chi connectivity index (χ1n) is 12.3. The van der Waals surface area contributed by atoms with E-state index in [9.17, 15) is 19.2 Å². The summed E-state index contributed by atoms with van der Waals surface area (Å²) >= 11 is 0. The zero-order chi connectivity index (χ0) is 25.1. The molecule has 192 valence electrons. The van der Waals surface area contributed by atoms with E-state index in [-0.39, 0.29) is 54.7 Å². The number of carbonyl (C=O) groups is 4. The van der Waals surface area contributed by atoms with E-state index in [0.717, 1.165) is 45.2 Å². The molecular formula is C24H47N5O4. The van der Waals surface area contributed by atoms with Crippen LogP contribution in [0, 0.1) is 0 Å². The van der Waals surface area contributed by atoms with Gasteiger partial charge in [0.1, 0.15) is 11.6 Å². The van der Waals surface area contributed by atoms with Crippen LogP contribution in [0.25, 0.3) is 0 Å². The highest BCUT2D eigenvalue weighted by Crippen LogP contribution is 2.09. The van der Waals surface area contributed by atoms with Gasteiger partial charge in [-0.1, -0.05) is 12.8 Å². The van der Waals surface area contributed by atoms with E-state index in [1.807, 2.05) is 21.1 Å². The highest BCUT2D eigenvalue weighted by atomic mass is 16.2.